The van der Waals surface area contributed by atoms with Crippen LogP contribution in [0.5, 0.6) is 0 Å². The molecular weight excluding hydrogens is 192 g/mol. The molecule has 1 aliphatic rings. The fourth-order valence-electron chi connectivity index (χ4n) is 1.52. The fraction of sp³-hybridized carbons (Fsp3) is 0.875. The quantitative estimate of drug-likeness (QED) is 0.625. The van der Waals surface area contributed by atoms with Gasteiger partial charge in [0, 0.05) is 5.92 Å². The molecule has 1 fully saturated rings. The van der Waals surface area contributed by atoms with Gasteiger partial charge in [-0.15, -0.1) is 0 Å². The Morgan fingerprint density at radius 1 is 1.38 bits per heavy atom. The maximum Gasteiger partial charge on any atom is 0.265 e. The van der Waals surface area contributed by atoms with Crippen molar-refractivity contribution in [2.24, 2.45) is 5.92 Å². The minimum Gasteiger partial charge on any atom is -0.296 e. The number of rotatable bonds is 2. The summed E-state index contributed by atoms with van der Waals surface area (Å²) in [5.41, 5.74) is 0. The number of Topliss-reactive ketones (excluding diaryl/α,β-unsaturated/α-hetero) is 1. The lowest BCUT2D eigenvalue weighted by Crippen LogP contribution is -2.34. The zero-order valence-corrected chi connectivity index (χ0v) is 8.63. The molecule has 2 unspecified atom stereocenters. The Bertz CT molecular complexity index is 293. The van der Waals surface area contributed by atoms with Crippen LogP contribution >= 0.6 is 0 Å². The van der Waals surface area contributed by atoms with E-state index in [9.17, 15) is 13.2 Å². The highest BCUT2D eigenvalue weighted by atomic mass is 32.2. The van der Waals surface area contributed by atoms with Gasteiger partial charge in [0.2, 0.25) is 0 Å². The summed E-state index contributed by atoms with van der Waals surface area (Å²) in [6, 6.07) is 0. The van der Waals surface area contributed by atoms with Crippen molar-refractivity contribution in [2.75, 3.05) is 6.26 Å². The lowest BCUT2D eigenvalue weighted by molar-refractivity contribution is -0.131. The van der Waals surface area contributed by atoms with Crippen molar-refractivity contribution in [2.45, 2.75) is 32.3 Å². The molecule has 0 aromatic rings. The third-order valence-corrected chi connectivity index (χ3v) is 2.78. The molecule has 13 heavy (non-hydrogen) atoms. The Labute approximate surface area is 78.4 Å². The molecule has 0 heterocycles. The lowest BCUT2D eigenvalue weighted by atomic mass is 9.87. The standard InChI is InChI=1S/C8H14O4S/c1-6-4-3-5-7(8(6)9)12-13(2,10)11/h6-7H,3-5H2,1-2H3. The van der Waals surface area contributed by atoms with Crippen LogP contribution < -0.4 is 0 Å². The third-order valence-electron chi connectivity index (χ3n) is 2.20. The average molecular weight is 206 g/mol. The zero-order chi connectivity index (χ0) is 10.1. The van der Waals surface area contributed by atoms with E-state index in [-0.39, 0.29) is 11.7 Å². The summed E-state index contributed by atoms with van der Waals surface area (Å²) < 4.78 is 26.2. The first-order valence-corrected chi connectivity index (χ1v) is 6.14. The van der Waals surface area contributed by atoms with Crippen LogP contribution in [0.1, 0.15) is 26.2 Å². The average Bonchev–Trinajstić information content (AvgIpc) is 1.96. The van der Waals surface area contributed by atoms with E-state index in [0.717, 1.165) is 19.1 Å². The predicted octanol–water partition coefficient (Wildman–Crippen LogP) is 0.720. The number of carbonyl (C=O) groups excluding carboxylic acids is 1. The van der Waals surface area contributed by atoms with Crippen LogP contribution in [0.4, 0.5) is 0 Å². The fourth-order valence-corrected chi connectivity index (χ4v) is 2.13. The van der Waals surface area contributed by atoms with Crippen molar-refractivity contribution in [3.8, 4) is 0 Å². The second kappa shape index (κ2) is 3.75. The van der Waals surface area contributed by atoms with E-state index in [0.29, 0.717) is 6.42 Å². The molecule has 0 aliphatic heterocycles. The summed E-state index contributed by atoms with van der Waals surface area (Å²) >= 11 is 0. The summed E-state index contributed by atoms with van der Waals surface area (Å²) in [4.78, 5) is 11.4. The summed E-state index contributed by atoms with van der Waals surface area (Å²) in [6.45, 7) is 1.81. The van der Waals surface area contributed by atoms with Crippen molar-refractivity contribution in [3.63, 3.8) is 0 Å². The van der Waals surface area contributed by atoms with E-state index in [1.54, 1.807) is 6.92 Å². The molecule has 0 bridgehead atoms. The normalized spacial score (nSPS) is 30.5. The molecule has 2 atom stereocenters. The summed E-state index contributed by atoms with van der Waals surface area (Å²) in [7, 11) is -3.50. The van der Waals surface area contributed by atoms with Gasteiger partial charge in [-0.05, 0) is 19.3 Å². The first kappa shape index (κ1) is 10.7. The molecule has 0 radical (unpaired) electrons. The van der Waals surface area contributed by atoms with Crippen LogP contribution in [0.2, 0.25) is 0 Å². The van der Waals surface area contributed by atoms with Gasteiger partial charge in [-0.2, -0.15) is 8.42 Å². The molecule has 5 heteroatoms. The Hall–Kier alpha value is -0.420. The van der Waals surface area contributed by atoms with Crippen LogP contribution in [-0.2, 0) is 19.1 Å². The van der Waals surface area contributed by atoms with E-state index in [1.165, 1.54) is 0 Å². The highest BCUT2D eigenvalue weighted by molar-refractivity contribution is 7.86. The Morgan fingerprint density at radius 2 is 2.00 bits per heavy atom. The maximum absolute atomic E-state index is 11.4. The second-order valence-corrected chi connectivity index (χ2v) is 5.12. The first-order valence-electron chi connectivity index (χ1n) is 4.32. The van der Waals surface area contributed by atoms with E-state index in [4.69, 9.17) is 0 Å². The van der Waals surface area contributed by atoms with Gasteiger partial charge in [-0.25, -0.2) is 0 Å². The molecule has 4 nitrogen and oxygen atoms in total. The summed E-state index contributed by atoms with van der Waals surface area (Å²) in [6.07, 6.45) is 2.45. The monoisotopic (exact) mass is 206 g/mol. The van der Waals surface area contributed by atoms with E-state index in [2.05, 4.69) is 4.18 Å². The van der Waals surface area contributed by atoms with E-state index >= 15 is 0 Å². The number of hydrogen-bond acceptors (Lipinski definition) is 4. The summed E-state index contributed by atoms with van der Waals surface area (Å²) in [5, 5.41) is 0. The maximum atomic E-state index is 11.4. The number of hydrogen-bond donors (Lipinski definition) is 0. The van der Waals surface area contributed by atoms with Crippen molar-refractivity contribution in [1.82, 2.24) is 0 Å². The van der Waals surface area contributed by atoms with Gasteiger partial charge in [0.05, 0.1) is 6.26 Å². The number of ketones is 1. The highest BCUT2D eigenvalue weighted by Crippen LogP contribution is 2.23. The van der Waals surface area contributed by atoms with E-state index in [1.807, 2.05) is 0 Å². The lowest BCUT2D eigenvalue weighted by Gasteiger charge is -2.24. The largest absolute Gasteiger partial charge is 0.296 e. The Morgan fingerprint density at radius 3 is 2.54 bits per heavy atom. The van der Waals surface area contributed by atoms with Gasteiger partial charge in [0.15, 0.2) is 5.78 Å². The molecule has 0 aromatic heterocycles. The van der Waals surface area contributed by atoms with Crippen molar-refractivity contribution in [3.05, 3.63) is 0 Å². The Balaban J connectivity index is 2.65. The minimum atomic E-state index is -3.50. The van der Waals surface area contributed by atoms with Gasteiger partial charge < -0.3 is 0 Å². The molecular formula is C8H14O4S. The number of carbonyl (C=O) groups is 1. The van der Waals surface area contributed by atoms with Crippen molar-refractivity contribution >= 4 is 15.9 Å². The molecule has 0 amide bonds. The zero-order valence-electron chi connectivity index (χ0n) is 7.82. The van der Waals surface area contributed by atoms with Crippen LogP contribution in [0.25, 0.3) is 0 Å². The molecule has 1 aliphatic carbocycles. The highest BCUT2D eigenvalue weighted by Gasteiger charge is 2.31. The smallest absolute Gasteiger partial charge is 0.265 e. The third kappa shape index (κ3) is 3.08. The van der Waals surface area contributed by atoms with E-state index < -0.39 is 16.2 Å². The van der Waals surface area contributed by atoms with Gasteiger partial charge in [0.1, 0.15) is 6.10 Å². The predicted molar refractivity (Wildman–Crippen MR) is 47.7 cm³/mol. The second-order valence-electron chi connectivity index (χ2n) is 3.52. The van der Waals surface area contributed by atoms with Gasteiger partial charge >= 0.3 is 0 Å². The summed E-state index contributed by atoms with van der Waals surface area (Å²) in [5.74, 6) is -0.155. The SMILES string of the molecule is CC1CCCC(OS(C)(=O)=O)C1=O. The molecule has 76 valence electrons. The first-order chi connectivity index (χ1) is 5.90. The molecule has 0 spiro atoms. The van der Waals surface area contributed by atoms with Crippen LogP contribution in [0, 0.1) is 5.92 Å². The van der Waals surface area contributed by atoms with Gasteiger partial charge in [-0.3, -0.25) is 8.98 Å². The van der Waals surface area contributed by atoms with Crippen LogP contribution in [0.3, 0.4) is 0 Å². The Kier molecular flexibility index (Phi) is 3.08. The molecule has 0 saturated heterocycles. The minimum absolute atomic E-state index is 0.0690. The molecule has 1 rings (SSSR count). The van der Waals surface area contributed by atoms with Gasteiger partial charge in [-0.1, -0.05) is 6.92 Å². The van der Waals surface area contributed by atoms with Crippen molar-refractivity contribution < 1.29 is 17.4 Å². The van der Waals surface area contributed by atoms with Crippen LogP contribution in [0.15, 0.2) is 0 Å². The topological polar surface area (TPSA) is 60.4 Å². The van der Waals surface area contributed by atoms with Crippen LogP contribution in [-0.4, -0.2) is 26.6 Å². The molecule has 0 aromatic carbocycles. The molecule has 0 N–H and O–H groups in total. The molecule has 1 saturated carbocycles. The van der Waals surface area contributed by atoms with Gasteiger partial charge in [0.25, 0.3) is 10.1 Å². The van der Waals surface area contributed by atoms with Crippen molar-refractivity contribution in [1.29, 1.82) is 0 Å².